The molecule has 4 heteroatoms. The third kappa shape index (κ3) is 1.82. The number of benzene rings is 1. The van der Waals surface area contributed by atoms with Gasteiger partial charge in [-0.25, -0.2) is 4.98 Å². The lowest BCUT2D eigenvalue weighted by Gasteiger charge is -2.05. The number of nitrogens with zero attached hydrogens (tertiary/aromatic N) is 1. The highest BCUT2D eigenvalue weighted by Crippen LogP contribution is 2.37. The maximum Gasteiger partial charge on any atom is 0.198 e. The third-order valence-corrected chi connectivity index (χ3v) is 3.61. The number of ether oxygens (including phenoxy) is 2. The molecule has 96 valence electrons. The van der Waals surface area contributed by atoms with Crippen molar-refractivity contribution in [3.63, 3.8) is 0 Å². The van der Waals surface area contributed by atoms with Crippen LogP contribution in [0, 0.1) is 0 Å². The molecule has 1 heterocycles. The lowest BCUT2D eigenvalue weighted by atomic mass is 10.1. The zero-order valence-electron chi connectivity index (χ0n) is 10.7. The van der Waals surface area contributed by atoms with E-state index < -0.39 is 0 Å². The molecule has 0 atom stereocenters. The van der Waals surface area contributed by atoms with E-state index >= 15 is 0 Å². The van der Waals surface area contributed by atoms with E-state index in [2.05, 4.69) is 4.98 Å². The zero-order valence-corrected chi connectivity index (χ0v) is 10.7. The molecule has 1 aliphatic carbocycles. The maximum absolute atomic E-state index is 5.85. The Hall–Kier alpha value is -1.71. The maximum atomic E-state index is 5.85. The smallest absolute Gasteiger partial charge is 0.198 e. The van der Waals surface area contributed by atoms with Crippen molar-refractivity contribution in [3.05, 3.63) is 18.0 Å². The van der Waals surface area contributed by atoms with Crippen LogP contribution in [-0.4, -0.2) is 19.2 Å². The summed E-state index contributed by atoms with van der Waals surface area (Å²) in [5.41, 5.74) is 1.61. The van der Waals surface area contributed by atoms with Crippen molar-refractivity contribution in [2.75, 3.05) is 14.2 Å². The highest BCUT2D eigenvalue weighted by molar-refractivity contribution is 5.77. The standard InChI is InChI=1S/C14H17NO3/c1-16-12-7-10-11(8-13(12)17-2)18-14(15-10)9-5-3-4-6-9/h7-9H,3-6H2,1-2H3. The number of fused-ring (bicyclic) bond motifs is 1. The number of oxazole rings is 1. The van der Waals surface area contributed by atoms with E-state index in [4.69, 9.17) is 13.9 Å². The molecule has 0 saturated heterocycles. The normalized spacial score (nSPS) is 16.3. The highest BCUT2D eigenvalue weighted by Gasteiger charge is 2.23. The molecular weight excluding hydrogens is 230 g/mol. The molecule has 0 spiro atoms. The minimum atomic E-state index is 0.481. The molecule has 0 N–H and O–H groups in total. The molecule has 1 aliphatic rings. The predicted molar refractivity (Wildman–Crippen MR) is 68.3 cm³/mol. The number of aromatic nitrogens is 1. The molecular formula is C14H17NO3. The predicted octanol–water partition coefficient (Wildman–Crippen LogP) is 3.50. The summed E-state index contributed by atoms with van der Waals surface area (Å²) in [6, 6.07) is 3.72. The van der Waals surface area contributed by atoms with Crippen molar-refractivity contribution in [3.8, 4) is 11.5 Å². The van der Waals surface area contributed by atoms with Crippen LogP contribution in [0.3, 0.4) is 0 Å². The first-order valence-electron chi connectivity index (χ1n) is 6.34. The van der Waals surface area contributed by atoms with Gasteiger partial charge in [-0.3, -0.25) is 0 Å². The van der Waals surface area contributed by atoms with Crippen molar-refractivity contribution in [1.29, 1.82) is 0 Å². The first-order valence-corrected chi connectivity index (χ1v) is 6.34. The highest BCUT2D eigenvalue weighted by atomic mass is 16.5. The van der Waals surface area contributed by atoms with Crippen LogP contribution < -0.4 is 9.47 Å². The van der Waals surface area contributed by atoms with Crippen LogP contribution in [-0.2, 0) is 0 Å². The minimum absolute atomic E-state index is 0.481. The van der Waals surface area contributed by atoms with Gasteiger partial charge in [0.05, 0.1) is 14.2 Å². The summed E-state index contributed by atoms with van der Waals surface area (Å²) >= 11 is 0. The average Bonchev–Trinajstić information content (AvgIpc) is 3.04. The van der Waals surface area contributed by atoms with Crippen LogP contribution in [0.1, 0.15) is 37.5 Å². The van der Waals surface area contributed by atoms with Crippen molar-refractivity contribution in [1.82, 2.24) is 4.98 Å². The summed E-state index contributed by atoms with van der Waals surface area (Å²) in [6.07, 6.45) is 4.91. The van der Waals surface area contributed by atoms with E-state index in [-0.39, 0.29) is 0 Å². The topological polar surface area (TPSA) is 44.5 Å². The Morgan fingerprint density at radius 1 is 1.11 bits per heavy atom. The van der Waals surface area contributed by atoms with Gasteiger partial charge in [-0.1, -0.05) is 12.8 Å². The van der Waals surface area contributed by atoms with Crippen LogP contribution in [0.2, 0.25) is 0 Å². The van der Waals surface area contributed by atoms with E-state index in [0.29, 0.717) is 17.4 Å². The summed E-state index contributed by atoms with van der Waals surface area (Å²) < 4.78 is 16.4. The Morgan fingerprint density at radius 3 is 2.44 bits per heavy atom. The molecule has 0 amide bonds. The molecule has 0 aliphatic heterocycles. The summed E-state index contributed by atoms with van der Waals surface area (Å²) in [5, 5.41) is 0. The van der Waals surface area contributed by atoms with Gasteiger partial charge in [-0.2, -0.15) is 0 Å². The molecule has 3 rings (SSSR count). The Labute approximate surface area is 106 Å². The van der Waals surface area contributed by atoms with Crippen LogP contribution in [0.15, 0.2) is 16.5 Å². The van der Waals surface area contributed by atoms with Gasteiger partial charge < -0.3 is 13.9 Å². The molecule has 0 radical (unpaired) electrons. The van der Waals surface area contributed by atoms with Crippen LogP contribution in [0.5, 0.6) is 11.5 Å². The van der Waals surface area contributed by atoms with Gasteiger partial charge in [0, 0.05) is 18.1 Å². The molecule has 1 aromatic carbocycles. The summed E-state index contributed by atoms with van der Waals surface area (Å²) in [6.45, 7) is 0. The van der Waals surface area contributed by atoms with Gasteiger partial charge in [0.25, 0.3) is 0 Å². The third-order valence-electron chi connectivity index (χ3n) is 3.61. The van der Waals surface area contributed by atoms with Gasteiger partial charge >= 0.3 is 0 Å². The first kappa shape index (κ1) is 11.4. The molecule has 4 nitrogen and oxygen atoms in total. The summed E-state index contributed by atoms with van der Waals surface area (Å²) in [7, 11) is 3.25. The van der Waals surface area contributed by atoms with Crippen molar-refractivity contribution >= 4 is 11.1 Å². The second kappa shape index (κ2) is 4.52. The number of methoxy groups -OCH3 is 2. The Kier molecular flexibility index (Phi) is 2.86. The molecule has 18 heavy (non-hydrogen) atoms. The Bertz CT molecular complexity index is 514. The Morgan fingerprint density at radius 2 is 1.78 bits per heavy atom. The van der Waals surface area contributed by atoms with E-state index in [9.17, 15) is 0 Å². The van der Waals surface area contributed by atoms with Gasteiger partial charge in [0.1, 0.15) is 5.52 Å². The van der Waals surface area contributed by atoms with Crippen LogP contribution >= 0.6 is 0 Å². The monoisotopic (exact) mass is 247 g/mol. The van der Waals surface area contributed by atoms with Crippen LogP contribution in [0.4, 0.5) is 0 Å². The van der Waals surface area contributed by atoms with E-state index in [1.165, 1.54) is 25.7 Å². The number of hydrogen-bond acceptors (Lipinski definition) is 4. The van der Waals surface area contributed by atoms with Crippen molar-refractivity contribution < 1.29 is 13.9 Å². The fraction of sp³-hybridized carbons (Fsp3) is 0.500. The van der Waals surface area contributed by atoms with Gasteiger partial charge in [-0.15, -0.1) is 0 Å². The molecule has 1 aromatic heterocycles. The van der Waals surface area contributed by atoms with Crippen LogP contribution in [0.25, 0.3) is 11.1 Å². The van der Waals surface area contributed by atoms with Crippen molar-refractivity contribution in [2.45, 2.75) is 31.6 Å². The fourth-order valence-electron chi connectivity index (χ4n) is 2.62. The SMILES string of the molecule is COc1cc2nc(C3CCCC3)oc2cc1OC. The number of hydrogen-bond donors (Lipinski definition) is 0. The second-order valence-corrected chi connectivity index (χ2v) is 4.71. The minimum Gasteiger partial charge on any atom is -0.493 e. The van der Waals surface area contributed by atoms with Gasteiger partial charge in [-0.05, 0) is 12.8 Å². The molecule has 2 aromatic rings. The zero-order chi connectivity index (χ0) is 12.5. The summed E-state index contributed by atoms with van der Waals surface area (Å²) in [5.74, 6) is 2.71. The number of rotatable bonds is 3. The van der Waals surface area contributed by atoms with E-state index in [0.717, 1.165) is 17.0 Å². The Balaban J connectivity index is 2.05. The van der Waals surface area contributed by atoms with Crippen molar-refractivity contribution in [2.24, 2.45) is 0 Å². The molecule has 0 unspecified atom stereocenters. The van der Waals surface area contributed by atoms with E-state index in [1.54, 1.807) is 14.2 Å². The second-order valence-electron chi connectivity index (χ2n) is 4.71. The van der Waals surface area contributed by atoms with E-state index in [1.807, 2.05) is 12.1 Å². The quantitative estimate of drug-likeness (QED) is 0.832. The average molecular weight is 247 g/mol. The van der Waals surface area contributed by atoms with Gasteiger partial charge in [0.2, 0.25) is 0 Å². The fourth-order valence-corrected chi connectivity index (χ4v) is 2.62. The van der Waals surface area contributed by atoms with Gasteiger partial charge in [0.15, 0.2) is 23.0 Å². The largest absolute Gasteiger partial charge is 0.493 e. The molecule has 1 saturated carbocycles. The lowest BCUT2D eigenvalue weighted by molar-refractivity contribution is 0.355. The molecule has 0 bridgehead atoms. The summed E-state index contributed by atoms with van der Waals surface area (Å²) in [4.78, 5) is 4.58. The lowest BCUT2D eigenvalue weighted by Crippen LogP contribution is -1.91. The molecule has 1 fully saturated rings. The first-order chi connectivity index (χ1) is 8.81.